The Morgan fingerprint density at radius 1 is 1.05 bits per heavy atom. The van der Waals surface area contributed by atoms with E-state index in [2.05, 4.69) is 0 Å². The zero-order valence-electron chi connectivity index (χ0n) is 11.1. The van der Waals surface area contributed by atoms with Crippen molar-refractivity contribution < 1.29 is 14.3 Å². The molecule has 0 aliphatic heterocycles. The first-order chi connectivity index (χ1) is 9.24. The van der Waals surface area contributed by atoms with Gasteiger partial charge in [-0.2, -0.15) is 0 Å². The number of methoxy groups -OCH3 is 1. The molecule has 0 saturated heterocycles. The Morgan fingerprint density at radius 2 is 1.74 bits per heavy atom. The number of benzene rings is 2. The van der Waals surface area contributed by atoms with Gasteiger partial charge in [0.1, 0.15) is 5.75 Å². The first-order valence-corrected chi connectivity index (χ1v) is 6.16. The van der Waals surface area contributed by atoms with Crippen molar-refractivity contribution in [2.45, 2.75) is 6.92 Å². The fourth-order valence-electron chi connectivity index (χ4n) is 1.84. The van der Waals surface area contributed by atoms with E-state index >= 15 is 0 Å². The second-order valence-electron chi connectivity index (χ2n) is 4.03. The van der Waals surface area contributed by atoms with Gasteiger partial charge < -0.3 is 9.47 Å². The Hall–Kier alpha value is -2.29. The molecule has 0 bridgehead atoms. The van der Waals surface area contributed by atoms with Gasteiger partial charge in [-0.15, -0.1) is 0 Å². The van der Waals surface area contributed by atoms with Gasteiger partial charge >= 0.3 is 5.97 Å². The molecule has 0 N–H and O–H groups in total. The number of carbonyl (C=O) groups excluding carboxylic acids is 1. The molecule has 2 rings (SSSR count). The van der Waals surface area contributed by atoms with Crippen molar-refractivity contribution in [3.8, 4) is 16.9 Å². The van der Waals surface area contributed by atoms with Crippen molar-refractivity contribution in [3.63, 3.8) is 0 Å². The van der Waals surface area contributed by atoms with E-state index in [0.29, 0.717) is 12.2 Å². The first kappa shape index (κ1) is 13.1. The molecule has 0 fully saturated rings. The highest BCUT2D eigenvalue weighted by Gasteiger charge is 2.08. The Bertz CT molecular complexity index is 576. The molecular formula is C16H16O3. The van der Waals surface area contributed by atoms with Crippen LogP contribution in [0.4, 0.5) is 0 Å². The lowest BCUT2D eigenvalue weighted by molar-refractivity contribution is 0.0526. The van der Waals surface area contributed by atoms with Gasteiger partial charge in [0.15, 0.2) is 0 Å². The van der Waals surface area contributed by atoms with Crippen LogP contribution in [0, 0.1) is 0 Å². The van der Waals surface area contributed by atoms with Gasteiger partial charge in [0.2, 0.25) is 0 Å². The summed E-state index contributed by atoms with van der Waals surface area (Å²) in [7, 11) is 1.63. The minimum atomic E-state index is -0.299. The largest absolute Gasteiger partial charge is 0.497 e. The summed E-state index contributed by atoms with van der Waals surface area (Å²) in [4.78, 5) is 11.7. The summed E-state index contributed by atoms with van der Waals surface area (Å²) in [5.41, 5.74) is 2.53. The summed E-state index contributed by atoms with van der Waals surface area (Å²) in [5, 5.41) is 0. The zero-order valence-corrected chi connectivity index (χ0v) is 11.1. The lowest BCUT2D eigenvalue weighted by Crippen LogP contribution is -2.04. The van der Waals surface area contributed by atoms with E-state index in [1.54, 1.807) is 20.1 Å². The highest BCUT2D eigenvalue weighted by Crippen LogP contribution is 2.24. The molecule has 0 unspecified atom stereocenters. The standard InChI is InChI=1S/C16H16O3/c1-3-19-16(17)14-8-4-6-12(10-14)13-7-5-9-15(11-13)18-2/h4-11H,3H2,1-2H3. The van der Waals surface area contributed by atoms with Gasteiger partial charge in [0.25, 0.3) is 0 Å². The van der Waals surface area contributed by atoms with E-state index in [9.17, 15) is 4.79 Å². The summed E-state index contributed by atoms with van der Waals surface area (Å²) in [6.45, 7) is 2.17. The Labute approximate surface area is 112 Å². The van der Waals surface area contributed by atoms with E-state index in [0.717, 1.165) is 16.9 Å². The highest BCUT2D eigenvalue weighted by molar-refractivity contribution is 5.91. The first-order valence-electron chi connectivity index (χ1n) is 6.16. The van der Waals surface area contributed by atoms with E-state index in [4.69, 9.17) is 9.47 Å². The topological polar surface area (TPSA) is 35.5 Å². The summed E-state index contributed by atoms with van der Waals surface area (Å²) in [6.07, 6.45) is 0. The number of rotatable bonds is 4. The molecule has 0 aromatic heterocycles. The van der Waals surface area contributed by atoms with Gasteiger partial charge in [-0.25, -0.2) is 4.79 Å². The molecule has 2 aromatic rings. The maximum atomic E-state index is 11.7. The van der Waals surface area contributed by atoms with Gasteiger partial charge in [-0.05, 0) is 42.3 Å². The third-order valence-electron chi connectivity index (χ3n) is 2.78. The lowest BCUT2D eigenvalue weighted by Gasteiger charge is -2.07. The van der Waals surface area contributed by atoms with Crippen LogP contribution in [-0.4, -0.2) is 19.7 Å². The van der Waals surface area contributed by atoms with Crippen LogP contribution in [0.1, 0.15) is 17.3 Å². The molecule has 3 heteroatoms. The third-order valence-corrected chi connectivity index (χ3v) is 2.78. The van der Waals surface area contributed by atoms with Crippen LogP contribution in [0.2, 0.25) is 0 Å². The maximum absolute atomic E-state index is 11.7. The minimum Gasteiger partial charge on any atom is -0.497 e. The molecule has 0 heterocycles. The van der Waals surface area contributed by atoms with Crippen LogP contribution in [0.15, 0.2) is 48.5 Å². The molecular weight excluding hydrogens is 240 g/mol. The SMILES string of the molecule is CCOC(=O)c1cccc(-c2cccc(OC)c2)c1. The normalized spacial score (nSPS) is 10.0. The molecule has 0 atom stereocenters. The van der Waals surface area contributed by atoms with Crippen molar-refractivity contribution in [2.24, 2.45) is 0 Å². The number of hydrogen-bond acceptors (Lipinski definition) is 3. The minimum absolute atomic E-state index is 0.299. The van der Waals surface area contributed by atoms with Gasteiger partial charge in [-0.1, -0.05) is 24.3 Å². The average molecular weight is 256 g/mol. The van der Waals surface area contributed by atoms with Crippen LogP contribution in [0.5, 0.6) is 5.75 Å². The summed E-state index contributed by atoms with van der Waals surface area (Å²) in [5.74, 6) is 0.492. The smallest absolute Gasteiger partial charge is 0.338 e. The molecule has 0 aliphatic carbocycles. The van der Waals surface area contributed by atoms with E-state index in [1.807, 2.05) is 42.5 Å². The Kier molecular flexibility index (Phi) is 4.18. The molecule has 2 aromatic carbocycles. The van der Waals surface area contributed by atoms with Gasteiger partial charge in [0, 0.05) is 0 Å². The summed E-state index contributed by atoms with van der Waals surface area (Å²) in [6, 6.07) is 15.1. The molecule has 3 nitrogen and oxygen atoms in total. The molecule has 0 spiro atoms. The van der Waals surface area contributed by atoms with Crippen LogP contribution < -0.4 is 4.74 Å². The molecule has 0 amide bonds. The number of carbonyl (C=O) groups is 1. The second-order valence-corrected chi connectivity index (χ2v) is 4.03. The monoisotopic (exact) mass is 256 g/mol. The van der Waals surface area contributed by atoms with Crippen molar-refractivity contribution in [3.05, 3.63) is 54.1 Å². The number of esters is 1. The van der Waals surface area contributed by atoms with Crippen LogP contribution in [0.25, 0.3) is 11.1 Å². The average Bonchev–Trinajstić information content (AvgIpc) is 2.48. The maximum Gasteiger partial charge on any atom is 0.338 e. The summed E-state index contributed by atoms with van der Waals surface area (Å²) < 4.78 is 10.2. The molecule has 98 valence electrons. The third kappa shape index (κ3) is 3.13. The van der Waals surface area contributed by atoms with Crippen molar-refractivity contribution in [1.82, 2.24) is 0 Å². The molecule has 0 saturated carbocycles. The molecule has 0 aliphatic rings. The van der Waals surface area contributed by atoms with E-state index in [1.165, 1.54) is 0 Å². The predicted molar refractivity (Wildman–Crippen MR) is 74.4 cm³/mol. The van der Waals surface area contributed by atoms with Gasteiger partial charge in [0.05, 0.1) is 19.3 Å². The molecule has 0 radical (unpaired) electrons. The number of hydrogen-bond donors (Lipinski definition) is 0. The van der Waals surface area contributed by atoms with Crippen molar-refractivity contribution >= 4 is 5.97 Å². The fourth-order valence-corrected chi connectivity index (χ4v) is 1.84. The van der Waals surface area contributed by atoms with Crippen molar-refractivity contribution in [2.75, 3.05) is 13.7 Å². The van der Waals surface area contributed by atoms with Crippen LogP contribution in [-0.2, 0) is 4.74 Å². The van der Waals surface area contributed by atoms with Crippen molar-refractivity contribution in [1.29, 1.82) is 0 Å². The highest BCUT2D eigenvalue weighted by atomic mass is 16.5. The Morgan fingerprint density at radius 3 is 2.42 bits per heavy atom. The predicted octanol–water partition coefficient (Wildman–Crippen LogP) is 3.54. The van der Waals surface area contributed by atoms with Crippen LogP contribution >= 0.6 is 0 Å². The van der Waals surface area contributed by atoms with Gasteiger partial charge in [-0.3, -0.25) is 0 Å². The Balaban J connectivity index is 2.34. The second kappa shape index (κ2) is 6.05. The summed E-state index contributed by atoms with van der Waals surface area (Å²) >= 11 is 0. The quantitative estimate of drug-likeness (QED) is 0.785. The molecule has 19 heavy (non-hydrogen) atoms. The lowest BCUT2D eigenvalue weighted by atomic mass is 10.0. The fraction of sp³-hybridized carbons (Fsp3) is 0.188. The van der Waals surface area contributed by atoms with E-state index in [-0.39, 0.29) is 5.97 Å². The van der Waals surface area contributed by atoms with E-state index < -0.39 is 0 Å². The van der Waals surface area contributed by atoms with Crippen LogP contribution in [0.3, 0.4) is 0 Å². The number of ether oxygens (including phenoxy) is 2. The zero-order chi connectivity index (χ0) is 13.7.